The second-order valence-corrected chi connectivity index (χ2v) is 11.7. The van der Waals surface area contributed by atoms with Crippen molar-refractivity contribution in [2.45, 2.75) is 19.3 Å². The summed E-state index contributed by atoms with van der Waals surface area (Å²) in [4.78, 5) is 5.08. The molecule has 4 heteroatoms. The second kappa shape index (κ2) is 8.34. The lowest BCUT2D eigenvalue weighted by atomic mass is 9.83. The lowest BCUT2D eigenvalue weighted by molar-refractivity contribution is 0.644. The van der Waals surface area contributed by atoms with Crippen molar-refractivity contribution in [1.82, 2.24) is 18.7 Å². The van der Waals surface area contributed by atoms with Crippen LogP contribution in [0, 0.1) is 0 Å². The molecular weight excluding hydrogens is 512 g/mol. The maximum Gasteiger partial charge on any atom is 0.145 e. The minimum Gasteiger partial charge on any atom is -0.298 e. The summed E-state index contributed by atoms with van der Waals surface area (Å²) in [5.74, 6) is 0.940. The molecule has 0 amide bonds. The van der Waals surface area contributed by atoms with Crippen molar-refractivity contribution in [1.29, 1.82) is 0 Å². The number of imidazole rings is 1. The SMILES string of the molecule is CC1(C)c2ccccc2-n2c1cc1c3ccccc3n(-c3ccc(-c4nc5ccccc5n4-c4ccccc4)cc3)c12. The zero-order valence-electron chi connectivity index (χ0n) is 23.5. The molecule has 4 heterocycles. The fourth-order valence-corrected chi connectivity index (χ4v) is 7.05. The molecule has 0 fully saturated rings. The third-order valence-corrected chi connectivity index (χ3v) is 9.04. The number of nitrogens with zero attached hydrogens (tertiary/aromatic N) is 4. The Balaban J connectivity index is 1.27. The molecule has 42 heavy (non-hydrogen) atoms. The van der Waals surface area contributed by atoms with Crippen molar-refractivity contribution in [3.63, 3.8) is 0 Å². The summed E-state index contributed by atoms with van der Waals surface area (Å²) < 4.78 is 7.16. The van der Waals surface area contributed by atoms with Crippen molar-refractivity contribution >= 4 is 33.0 Å². The lowest BCUT2D eigenvalue weighted by Gasteiger charge is -2.18. The average molecular weight is 541 g/mol. The molecule has 0 spiro atoms. The monoisotopic (exact) mass is 540 g/mol. The van der Waals surface area contributed by atoms with Crippen LogP contribution in [0.2, 0.25) is 0 Å². The molecule has 4 nitrogen and oxygen atoms in total. The van der Waals surface area contributed by atoms with E-state index in [2.05, 4.69) is 161 Å². The summed E-state index contributed by atoms with van der Waals surface area (Å²) in [6.45, 7) is 4.67. The first kappa shape index (κ1) is 23.4. The van der Waals surface area contributed by atoms with E-state index < -0.39 is 0 Å². The molecule has 0 N–H and O–H groups in total. The number of hydrogen-bond donors (Lipinski definition) is 0. The van der Waals surface area contributed by atoms with E-state index in [9.17, 15) is 0 Å². The number of hydrogen-bond acceptors (Lipinski definition) is 1. The van der Waals surface area contributed by atoms with Crippen molar-refractivity contribution in [3.05, 3.63) is 145 Å². The molecule has 8 aromatic rings. The highest BCUT2D eigenvalue weighted by Crippen LogP contribution is 2.48. The Morgan fingerprint density at radius 2 is 1.21 bits per heavy atom. The van der Waals surface area contributed by atoms with Crippen LogP contribution in [0.4, 0.5) is 0 Å². The van der Waals surface area contributed by atoms with E-state index >= 15 is 0 Å². The van der Waals surface area contributed by atoms with Gasteiger partial charge in [-0.15, -0.1) is 0 Å². The molecule has 0 radical (unpaired) electrons. The topological polar surface area (TPSA) is 27.7 Å². The first-order valence-corrected chi connectivity index (χ1v) is 14.5. The van der Waals surface area contributed by atoms with Crippen molar-refractivity contribution in [3.8, 4) is 28.5 Å². The van der Waals surface area contributed by atoms with Crippen molar-refractivity contribution < 1.29 is 0 Å². The Morgan fingerprint density at radius 3 is 2.05 bits per heavy atom. The highest BCUT2D eigenvalue weighted by Gasteiger charge is 2.38. The Bertz CT molecular complexity index is 2310. The van der Waals surface area contributed by atoms with E-state index in [1.54, 1.807) is 0 Å². The Kier molecular flexibility index (Phi) is 4.64. The number of benzene rings is 5. The van der Waals surface area contributed by atoms with Gasteiger partial charge in [0, 0.05) is 38.8 Å². The molecule has 0 aliphatic carbocycles. The quantitative estimate of drug-likeness (QED) is 0.219. The number of fused-ring (bicyclic) bond motifs is 8. The summed E-state index contributed by atoms with van der Waals surface area (Å²) in [5, 5.41) is 2.57. The maximum atomic E-state index is 5.08. The first-order chi connectivity index (χ1) is 20.6. The molecule has 0 atom stereocenters. The summed E-state index contributed by atoms with van der Waals surface area (Å²) in [6.07, 6.45) is 0. The smallest absolute Gasteiger partial charge is 0.145 e. The zero-order valence-corrected chi connectivity index (χ0v) is 23.5. The van der Waals surface area contributed by atoms with Gasteiger partial charge in [0.2, 0.25) is 0 Å². The molecule has 0 saturated carbocycles. The molecule has 1 aliphatic rings. The largest absolute Gasteiger partial charge is 0.298 e. The molecule has 0 saturated heterocycles. The molecule has 200 valence electrons. The highest BCUT2D eigenvalue weighted by atomic mass is 15.2. The maximum absolute atomic E-state index is 5.08. The van der Waals surface area contributed by atoms with Crippen LogP contribution in [-0.2, 0) is 5.41 Å². The van der Waals surface area contributed by atoms with Gasteiger partial charge < -0.3 is 0 Å². The Labute approximate surface area is 243 Å². The average Bonchev–Trinajstić information content (AvgIpc) is 3.75. The number of aromatic nitrogens is 4. The van der Waals surface area contributed by atoms with E-state index in [-0.39, 0.29) is 5.41 Å². The van der Waals surface area contributed by atoms with Gasteiger partial charge in [-0.2, -0.15) is 0 Å². The van der Waals surface area contributed by atoms with Gasteiger partial charge in [-0.25, -0.2) is 4.98 Å². The van der Waals surface area contributed by atoms with Gasteiger partial charge in [0.15, 0.2) is 0 Å². The molecule has 1 aliphatic heterocycles. The minimum absolute atomic E-state index is 0.0675. The summed E-state index contributed by atoms with van der Waals surface area (Å²) in [5.41, 5.74) is 11.7. The predicted molar refractivity (Wildman–Crippen MR) is 172 cm³/mol. The standard InChI is InChI=1S/C38H28N4/c1-38(2)30-15-7-10-18-33(30)42-35(38)24-29-28-14-6-9-17-32(28)41(37(29)42)27-22-20-25(21-23-27)36-39-31-16-8-11-19-34(31)40(36)26-12-4-3-5-13-26/h3-24H,1-2H3. The van der Waals surface area contributed by atoms with Crippen LogP contribution in [0.15, 0.2) is 133 Å². The van der Waals surface area contributed by atoms with Crippen LogP contribution < -0.4 is 0 Å². The highest BCUT2D eigenvalue weighted by molar-refractivity contribution is 6.10. The van der Waals surface area contributed by atoms with Gasteiger partial charge in [0.05, 0.1) is 22.2 Å². The van der Waals surface area contributed by atoms with Crippen LogP contribution in [0.25, 0.3) is 61.4 Å². The summed E-state index contributed by atoms with van der Waals surface area (Å²) >= 11 is 0. The van der Waals surface area contributed by atoms with E-state index in [1.165, 1.54) is 38.9 Å². The summed E-state index contributed by atoms with van der Waals surface area (Å²) in [6, 6.07) is 47.7. The molecule has 5 aromatic carbocycles. The Morgan fingerprint density at radius 1 is 0.548 bits per heavy atom. The van der Waals surface area contributed by atoms with E-state index in [0.717, 1.165) is 33.8 Å². The Hall–Kier alpha value is -5.35. The van der Waals surface area contributed by atoms with Gasteiger partial charge in [0.1, 0.15) is 11.5 Å². The van der Waals surface area contributed by atoms with Crippen LogP contribution in [-0.4, -0.2) is 18.7 Å². The van der Waals surface area contributed by atoms with Gasteiger partial charge >= 0.3 is 0 Å². The fourth-order valence-electron chi connectivity index (χ4n) is 7.05. The molecule has 3 aromatic heterocycles. The fraction of sp³-hybridized carbons (Fsp3) is 0.0789. The van der Waals surface area contributed by atoms with E-state index in [4.69, 9.17) is 4.98 Å². The zero-order chi connectivity index (χ0) is 28.0. The molecule has 0 bridgehead atoms. The normalized spacial score (nSPS) is 13.7. The first-order valence-electron chi connectivity index (χ1n) is 14.5. The van der Waals surface area contributed by atoms with Crippen molar-refractivity contribution in [2.75, 3.05) is 0 Å². The van der Waals surface area contributed by atoms with Gasteiger partial charge in [0.25, 0.3) is 0 Å². The molecular formula is C38H28N4. The van der Waals surface area contributed by atoms with Crippen LogP contribution in [0.1, 0.15) is 25.1 Å². The third-order valence-electron chi connectivity index (χ3n) is 9.04. The van der Waals surface area contributed by atoms with Crippen LogP contribution in [0.5, 0.6) is 0 Å². The van der Waals surface area contributed by atoms with Crippen molar-refractivity contribution in [2.24, 2.45) is 0 Å². The van der Waals surface area contributed by atoms with E-state index in [1.807, 2.05) is 0 Å². The number of rotatable bonds is 3. The summed E-state index contributed by atoms with van der Waals surface area (Å²) in [7, 11) is 0. The van der Waals surface area contributed by atoms with Gasteiger partial charge in [-0.3, -0.25) is 13.7 Å². The van der Waals surface area contributed by atoms with Crippen LogP contribution in [0.3, 0.4) is 0 Å². The molecule has 0 unspecified atom stereocenters. The molecule has 9 rings (SSSR count). The minimum atomic E-state index is -0.0675. The van der Waals surface area contributed by atoms with E-state index in [0.29, 0.717) is 0 Å². The van der Waals surface area contributed by atoms with Gasteiger partial charge in [-0.1, -0.05) is 80.6 Å². The lowest BCUT2D eigenvalue weighted by Crippen LogP contribution is -2.15. The third kappa shape index (κ3) is 3.04. The second-order valence-electron chi connectivity index (χ2n) is 11.7. The number of para-hydroxylation sites is 5. The van der Waals surface area contributed by atoms with Gasteiger partial charge in [-0.05, 0) is 72.3 Å². The predicted octanol–water partition coefficient (Wildman–Crippen LogP) is 9.22. The van der Waals surface area contributed by atoms with Crippen LogP contribution >= 0.6 is 0 Å².